The third-order valence-electron chi connectivity index (χ3n) is 5.63. The molecule has 0 saturated carbocycles. The summed E-state index contributed by atoms with van der Waals surface area (Å²) in [6, 6.07) is 14.8. The Bertz CT molecular complexity index is 1120. The summed E-state index contributed by atoms with van der Waals surface area (Å²) >= 11 is 0. The molecule has 1 saturated heterocycles. The van der Waals surface area contributed by atoms with Gasteiger partial charge < -0.3 is 16.0 Å². The fourth-order valence-corrected chi connectivity index (χ4v) is 5.18. The van der Waals surface area contributed by atoms with Gasteiger partial charge in [-0.3, -0.25) is 5.73 Å². The van der Waals surface area contributed by atoms with Crippen molar-refractivity contribution in [3.63, 3.8) is 0 Å². The number of nitrogens with zero attached hydrogens (tertiary/aromatic N) is 3. The van der Waals surface area contributed by atoms with Gasteiger partial charge in [0.25, 0.3) is 0 Å². The molecule has 1 atom stereocenters. The Hall–Kier alpha value is -2.88. The van der Waals surface area contributed by atoms with Gasteiger partial charge in [-0.25, -0.2) is 13.4 Å². The van der Waals surface area contributed by atoms with Crippen LogP contribution in [0.5, 0.6) is 0 Å². The Labute approximate surface area is 183 Å². The molecule has 0 spiro atoms. The van der Waals surface area contributed by atoms with Crippen molar-refractivity contribution in [3.05, 3.63) is 77.1 Å². The van der Waals surface area contributed by atoms with Gasteiger partial charge in [-0.05, 0) is 31.5 Å². The topological polar surface area (TPSA) is 117 Å². The summed E-state index contributed by atoms with van der Waals surface area (Å²) in [6.07, 6.45) is 1.69. The van der Waals surface area contributed by atoms with Gasteiger partial charge >= 0.3 is 0 Å². The highest BCUT2D eigenvalue weighted by Gasteiger charge is 2.34. The summed E-state index contributed by atoms with van der Waals surface area (Å²) in [6.45, 7) is 5.60. The molecule has 2 heterocycles. The summed E-state index contributed by atoms with van der Waals surface area (Å²) in [5.41, 5.74) is 14.6. The summed E-state index contributed by atoms with van der Waals surface area (Å²) < 4.78 is 27.4. The van der Waals surface area contributed by atoms with Crippen molar-refractivity contribution >= 4 is 16.0 Å². The highest BCUT2D eigenvalue weighted by Crippen LogP contribution is 2.26. The van der Waals surface area contributed by atoms with Crippen LogP contribution in [-0.4, -0.2) is 49.8 Å². The van der Waals surface area contributed by atoms with E-state index in [9.17, 15) is 8.42 Å². The zero-order valence-electron chi connectivity index (χ0n) is 17.7. The number of rotatable bonds is 3. The highest BCUT2D eigenvalue weighted by molar-refractivity contribution is 7.89. The van der Waals surface area contributed by atoms with Gasteiger partial charge in [0.05, 0.1) is 4.90 Å². The van der Waals surface area contributed by atoms with E-state index in [0.717, 1.165) is 16.7 Å². The smallest absolute Gasteiger partial charge is 0.243 e. The molecule has 8 nitrogen and oxygen atoms in total. The molecular formula is C22H28N6O2S. The van der Waals surface area contributed by atoms with E-state index < -0.39 is 15.7 Å². The molecule has 5 N–H and O–H groups in total. The molecule has 164 valence electrons. The number of piperazine rings is 1. The van der Waals surface area contributed by atoms with Crippen molar-refractivity contribution in [1.82, 2.24) is 14.5 Å². The molecule has 0 radical (unpaired) electrons. The van der Waals surface area contributed by atoms with Crippen molar-refractivity contribution in [1.29, 1.82) is 0 Å². The second kappa shape index (κ2) is 7.99. The minimum absolute atomic E-state index is 0.312. The monoisotopic (exact) mass is 440 g/mol. The summed E-state index contributed by atoms with van der Waals surface area (Å²) in [7, 11) is -3.53. The van der Waals surface area contributed by atoms with Gasteiger partial charge in [0.2, 0.25) is 16.0 Å². The molecule has 4 rings (SSSR count). The number of guanidine groups is 1. The fourth-order valence-electron chi connectivity index (χ4n) is 3.76. The minimum Gasteiger partial charge on any atom is -0.385 e. The maximum atomic E-state index is 13.0. The molecule has 2 aliphatic rings. The second-order valence-electron chi connectivity index (χ2n) is 8.06. The van der Waals surface area contributed by atoms with Crippen LogP contribution >= 0.6 is 0 Å². The Morgan fingerprint density at radius 2 is 1.48 bits per heavy atom. The number of hydrogen-bond acceptors (Lipinski definition) is 7. The summed E-state index contributed by atoms with van der Waals surface area (Å²) in [4.78, 5) is 7.02. The van der Waals surface area contributed by atoms with Crippen LogP contribution in [0.1, 0.15) is 16.7 Å². The van der Waals surface area contributed by atoms with Gasteiger partial charge in [0.15, 0.2) is 5.66 Å². The van der Waals surface area contributed by atoms with Gasteiger partial charge in [-0.15, -0.1) is 0 Å². The van der Waals surface area contributed by atoms with E-state index in [1.165, 1.54) is 4.31 Å². The normalized spacial score (nSPS) is 22.5. The number of aliphatic imine (C=N–C) groups is 1. The van der Waals surface area contributed by atoms with E-state index in [-0.39, 0.29) is 0 Å². The first kappa shape index (κ1) is 21.4. The van der Waals surface area contributed by atoms with Gasteiger partial charge in [0, 0.05) is 32.3 Å². The molecule has 9 heteroatoms. The predicted molar refractivity (Wildman–Crippen MR) is 121 cm³/mol. The predicted octanol–water partition coefficient (Wildman–Crippen LogP) is 1.18. The molecular weight excluding hydrogens is 412 g/mol. The molecule has 1 unspecified atom stereocenters. The quantitative estimate of drug-likeness (QED) is 0.660. The number of sulfonamides is 1. The third kappa shape index (κ3) is 4.30. The lowest BCUT2D eigenvalue weighted by molar-refractivity contribution is 0.258. The lowest BCUT2D eigenvalue weighted by Gasteiger charge is -2.38. The SMILES string of the molecule is Cc1ccc(C2(N)C=C(N)NC(N3CCN(S(=O)(=O)c4ccc(C)cc4)CC3)=N2)cc1. The maximum absolute atomic E-state index is 13.0. The van der Waals surface area contributed by atoms with Crippen LogP contribution in [0.25, 0.3) is 0 Å². The Morgan fingerprint density at radius 3 is 2.06 bits per heavy atom. The molecule has 2 aromatic carbocycles. The van der Waals surface area contributed by atoms with Crippen molar-refractivity contribution in [2.75, 3.05) is 26.2 Å². The summed E-state index contributed by atoms with van der Waals surface area (Å²) in [5, 5.41) is 3.08. The van der Waals surface area contributed by atoms with E-state index in [0.29, 0.717) is 42.9 Å². The molecule has 31 heavy (non-hydrogen) atoms. The fraction of sp³-hybridized carbons (Fsp3) is 0.318. The second-order valence-corrected chi connectivity index (χ2v) is 9.99. The van der Waals surface area contributed by atoms with Crippen LogP contribution in [0, 0.1) is 13.8 Å². The van der Waals surface area contributed by atoms with Crippen molar-refractivity contribution in [2.45, 2.75) is 24.4 Å². The lowest BCUT2D eigenvalue weighted by Crippen LogP contribution is -2.56. The van der Waals surface area contributed by atoms with Crippen LogP contribution in [0.4, 0.5) is 0 Å². The molecule has 2 aromatic rings. The first-order valence-electron chi connectivity index (χ1n) is 10.2. The molecule has 0 aromatic heterocycles. The van der Waals surface area contributed by atoms with Crippen LogP contribution in [0.3, 0.4) is 0 Å². The number of nitrogens with two attached hydrogens (primary N) is 2. The zero-order chi connectivity index (χ0) is 22.2. The molecule has 0 bridgehead atoms. The van der Waals surface area contributed by atoms with E-state index in [1.54, 1.807) is 18.2 Å². The zero-order valence-corrected chi connectivity index (χ0v) is 18.6. The van der Waals surface area contributed by atoms with Crippen molar-refractivity contribution in [3.8, 4) is 0 Å². The molecule has 0 aliphatic carbocycles. The van der Waals surface area contributed by atoms with Crippen LogP contribution in [0.2, 0.25) is 0 Å². The van der Waals surface area contributed by atoms with Gasteiger partial charge in [-0.1, -0.05) is 47.5 Å². The van der Waals surface area contributed by atoms with Crippen LogP contribution in [0.15, 0.2) is 70.3 Å². The largest absolute Gasteiger partial charge is 0.385 e. The molecule has 1 fully saturated rings. The van der Waals surface area contributed by atoms with E-state index in [1.807, 2.05) is 55.1 Å². The highest BCUT2D eigenvalue weighted by atomic mass is 32.2. The number of nitrogens with one attached hydrogen (secondary N) is 1. The number of aryl methyl sites for hydroxylation is 2. The Balaban J connectivity index is 1.51. The molecule has 0 amide bonds. The lowest BCUT2D eigenvalue weighted by atomic mass is 9.98. The van der Waals surface area contributed by atoms with Crippen LogP contribution < -0.4 is 16.8 Å². The molecule has 2 aliphatic heterocycles. The summed E-state index contributed by atoms with van der Waals surface area (Å²) in [5.74, 6) is 0.971. The van der Waals surface area contributed by atoms with E-state index in [4.69, 9.17) is 16.5 Å². The Morgan fingerprint density at radius 1 is 0.935 bits per heavy atom. The van der Waals surface area contributed by atoms with Gasteiger partial charge in [-0.2, -0.15) is 4.31 Å². The van der Waals surface area contributed by atoms with Crippen molar-refractivity contribution in [2.24, 2.45) is 16.5 Å². The Kier molecular flexibility index (Phi) is 5.50. The maximum Gasteiger partial charge on any atom is 0.243 e. The number of hydrogen-bond donors (Lipinski definition) is 3. The number of benzene rings is 2. The minimum atomic E-state index is -3.53. The first-order chi connectivity index (χ1) is 14.7. The third-order valence-corrected chi connectivity index (χ3v) is 7.55. The standard InChI is InChI=1S/C22H28N6O2S/c1-16-3-7-18(8-4-16)22(24)15-20(23)25-21(26-22)27-11-13-28(14-12-27)31(29,30)19-9-5-17(2)6-10-19/h3-10,15H,11-14,23-24H2,1-2H3,(H,25,26). The average Bonchev–Trinajstić information content (AvgIpc) is 2.74. The van der Waals surface area contributed by atoms with E-state index in [2.05, 4.69) is 5.32 Å². The van der Waals surface area contributed by atoms with E-state index >= 15 is 0 Å². The van der Waals surface area contributed by atoms with Gasteiger partial charge in [0.1, 0.15) is 5.82 Å². The van der Waals surface area contributed by atoms with Crippen LogP contribution in [-0.2, 0) is 15.7 Å². The van der Waals surface area contributed by atoms with Crippen molar-refractivity contribution < 1.29 is 8.42 Å². The first-order valence-corrected chi connectivity index (χ1v) is 11.6. The average molecular weight is 441 g/mol.